The van der Waals surface area contributed by atoms with Crippen LogP contribution in [0.15, 0.2) is 41.4 Å². The number of carbonyl (C=O) groups is 1. The van der Waals surface area contributed by atoms with Crippen molar-refractivity contribution in [2.24, 2.45) is 4.99 Å². The number of phenolic OH excluding ortho intramolecular Hbond substituents is 1. The van der Waals surface area contributed by atoms with Crippen LogP contribution in [0.5, 0.6) is 5.75 Å². The summed E-state index contributed by atoms with van der Waals surface area (Å²) in [6, 6.07) is 11.0. The molecule has 0 spiro atoms. The van der Waals surface area contributed by atoms with Crippen LogP contribution in [-0.2, 0) is 4.79 Å². The first kappa shape index (κ1) is 11.1. The molecule has 2 aromatic rings. The molecule has 0 saturated heterocycles. The molecule has 0 radical (unpaired) electrons. The lowest BCUT2D eigenvalue weighted by atomic mass is 10.1. The molecule has 17 heavy (non-hydrogen) atoms. The highest BCUT2D eigenvalue weighted by Gasteiger charge is 2.03. The van der Waals surface area contributed by atoms with Gasteiger partial charge in [-0.2, -0.15) is 0 Å². The summed E-state index contributed by atoms with van der Waals surface area (Å²) < 4.78 is 0. The molecule has 0 aromatic heterocycles. The lowest BCUT2D eigenvalue weighted by molar-refractivity contribution is -0.135. The zero-order valence-corrected chi connectivity index (χ0v) is 9.00. The number of hydrogen-bond acceptors (Lipinski definition) is 3. The van der Waals surface area contributed by atoms with Gasteiger partial charge in [0.15, 0.2) is 0 Å². The highest BCUT2D eigenvalue weighted by Crippen LogP contribution is 2.27. The fourth-order valence-corrected chi connectivity index (χ4v) is 1.60. The number of rotatable bonds is 3. The normalized spacial score (nSPS) is 11.1. The average molecular weight is 229 g/mol. The van der Waals surface area contributed by atoms with Gasteiger partial charge >= 0.3 is 5.97 Å². The van der Waals surface area contributed by atoms with E-state index in [4.69, 9.17) is 5.11 Å². The van der Waals surface area contributed by atoms with E-state index >= 15 is 0 Å². The minimum atomic E-state index is -0.999. The molecule has 2 rings (SSSR count). The zero-order valence-electron chi connectivity index (χ0n) is 9.00. The average Bonchev–Trinajstić information content (AvgIpc) is 2.32. The van der Waals surface area contributed by atoms with Crippen molar-refractivity contribution in [3.63, 3.8) is 0 Å². The first-order chi connectivity index (χ1) is 8.18. The molecule has 0 aliphatic heterocycles. The third-order valence-corrected chi connectivity index (χ3v) is 2.39. The minimum absolute atomic E-state index is 0.122. The van der Waals surface area contributed by atoms with Gasteiger partial charge in [-0.1, -0.05) is 30.3 Å². The van der Waals surface area contributed by atoms with E-state index in [2.05, 4.69) is 4.99 Å². The quantitative estimate of drug-likeness (QED) is 0.791. The van der Waals surface area contributed by atoms with Gasteiger partial charge in [-0.25, -0.2) is 0 Å². The molecule has 0 aliphatic rings. The van der Waals surface area contributed by atoms with Crippen LogP contribution in [0.25, 0.3) is 10.8 Å². The second-order valence-electron chi connectivity index (χ2n) is 3.59. The van der Waals surface area contributed by atoms with Gasteiger partial charge in [0.2, 0.25) is 0 Å². The number of aromatic hydroxyl groups is 1. The van der Waals surface area contributed by atoms with Crippen molar-refractivity contribution >= 4 is 23.0 Å². The highest BCUT2D eigenvalue weighted by atomic mass is 16.4. The summed E-state index contributed by atoms with van der Waals surface area (Å²) in [5.41, 5.74) is 0.518. The van der Waals surface area contributed by atoms with Gasteiger partial charge in [-0.3, -0.25) is 9.79 Å². The summed E-state index contributed by atoms with van der Waals surface area (Å²) in [5.74, 6) is -0.876. The molecule has 2 aromatic carbocycles. The minimum Gasteiger partial charge on any atom is -0.507 e. The van der Waals surface area contributed by atoms with Crippen molar-refractivity contribution in [3.05, 3.63) is 42.0 Å². The largest absolute Gasteiger partial charge is 0.507 e. The number of hydrogen-bond donors (Lipinski definition) is 2. The van der Waals surface area contributed by atoms with Crippen LogP contribution in [0.1, 0.15) is 5.56 Å². The summed E-state index contributed by atoms with van der Waals surface area (Å²) in [6.45, 7) is -0.299. The maximum Gasteiger partial charge on any atom is 0.325 e. The van der Waals surface area contributed by atoms with E-state index in [0.29, 0.717) is 5.56 Å². The molecule has 0 unspecified atom stereocenters. The lowest BCUT2D eigenvalue weighted by Gasteiger charge is -2.03. The Hall–Kier alpha value is -2.36. The Balaban J connectivity index is 2.39. The van der Waals surface area contributed by atoms with Gasteiger partial charge in [-0.05, 0) is 11.5 Å². The summed E-state index contributed by atoms with van der Waals surface area (Å²) in [4.78, 5) is 14.0. The molecule has 0 saturated carbocycles. The number of aliphatic imine (C=N–C) groups is 1. The van der Waals surface area contributed by atoms with Crippen LogP contribution in [0.2, 0.25) is 0 Å². The second kappa shape index (κ2) is 4.65. The lowest BCUT2D eigenvalue weighted by Crippen LogP contribution is -1.99. The first-order valence-corrected chi connectivity index (χ1v) is 5.11. The molecule has 4 heteroatoms. The maximum atomic E-state index is 10.3. The van der Waals surface area contributed by atoms with Crippen molar-refractivity contribution in [3.8, 4) is 5.75 Å². The Bertz CT molecular complexity index is 590. The van der Waals surface area contributed by atoms with Crippen molar-refractivity contribution in [1.82, 2.24) is 0 Å². The Morgan fingerprint density at radius 2 is 2.00 bits per heavy atom. The molecular weight excluding hydrogens is 218 g/mol. The molecular formula is C13H11NO3. The molecule has 2 N–H and O–H groups in total. The number of nitrogens with zero attached hydrogens (tertiary/aromatic N) is 1. The third kappa shape index (κ3) is 2.42. The Labute approximate surface area is 97.9 Å². The van der Waals surface area contributed by atoms with Gasteiger partial charge in [0.1, 0.15) is 12.3 Å². The van der Waals surface area contributed by atoms with Crippen LogP contribution < -0.4 is 0 Å². The Morgan fingerprint density at radius 1 is 1.24 bits per heavy atom. The number of aliphatic carboxylic acids is 1. The van der Waals surface area contributed by atoms with Crippen LogP contribution in [0, 0.1) is 0 Å². The van der Waals surface area contributed by atoms with Gasteiger partial charge in [0.05, 0.1) is 0 Å². The van der Waals surface area contributed by atoms with Crippen LogP contribution in [-0.4, -0.2) is 28.9 Å². The fraction of sp³-hybridized carbons (Fsp3) is 0.0769. The summed E-state index contributed by atoms with van der Waals surface area (Å²) in [7, 11) is 0. The van der Waals surface area contributed by atoms with Gasteiger partial charge < -0.3 is 10.2 Å². The predicted octanol–water partition coefficient (Wildman–Crippen LogP) is 2.05. The predicted molar refractivity (Wildman–Crippen MR) is 65.7 cm³/mol. The summed E-state index contributed by atoms with van der Waals surface area (Å²) >= 11 is 0. The molecule has 0 fully saturated rings. The van der Waals surface area contributed by atoms with Crippen LogP contribution in [0.3, 0.4) is 0 Å². The molecule has 0 heterocycles. The van der Waals surface area contributed by atoms with E-state index in [1.165, 1.54) is 6.21 Å². The van der Waals surface area contributed by atoms with Crippen LogP contribution in [0.4, 0.5) is 0 Å². The zero-order chi connectivity index (χ0) is 12.3. The fourth-order valence-electron chi connectivity index (χ4n) is 1.60. The molecule has 4 nitrogen and oxygen atoms in total. The smallest absolute Gasteiger partial charge is 0.325 e. The maximum absolute atomic E-state index is 10.3. The second-order valence-corrected chi connectivity index (χ2v) is 3.59. The number of carboxylic acid groups (broad SMARTS) is 1. The van der Waals surface area contributed by atoms with Crippen molar-refractivity contribution in [1.29, 1.82) is 0 Å². The molecule has 0 bridgehead atoms. The van der Waals surface area contributed by atoms with E-state index in [-0.39, 0.29) is 12.3 Å². The Kier molecular flexibility index (Phi) is 3.05. The van der Waals surface area contributed by atoms with E-state index in [1.807, 2.05) is 24.3 Å². The van der Waals surface area contributed by atoms with Gasteiger partial charge in [-0.15, -0.1) is 0 Å². The summed E-state index contributed by atoms with van der Waals surface area (Å²) in [5, 5.41) is 20.1. The molecule has 0 aliphatic carbocycles. The molecule has 86 valence electrons. The number of carboxylic acids is 1. The number of phenols is 1. The van der Waals surface area contributed by atoms with E-state index < -0.39 is 5.97 Å². The van der Waals surface area contributed by atoms with Crippen molar-refractivity contribution < 1.29 is 15.0 Å². The topological polar surface area (TPSA) is 69.9 Å². The summed E-state index contributed by atoms with van der Waals surface area (Å²) in [6.07, 6.45) is 1.37. The van der Waals surface area contributed by atoms with E-state index in [1.54, 1.807) is 12.1 Å². The molecule has 0 atom stereocenters. The van der Waals surface area contributed by atoms with E-state index in [0.717, 1.165) is 10.8 Å². The SMILES string of the molecule is O=C(O)CN=Cc1ccc2ccccc2c1O. The standard InChI is InChI=1S/C13H11NO3/c15-12(16)8-14-7-10-6-5-9-3-1-2-4-11(9)13(10)17/h1-7,17H,8H2,(H,15,16). The van der Waals surface area contributed by atoms with E-state index in [9.17, 15) is 9.90 Å². The van der Waals surface area contributed by atoms with Crippen molar-refractivity contribution in [2.45, 2.75) is 0 Å². The third-order valence-electron chi connectivity index (χ3n) is 2.39. The molecule has 0 amide bonds. The van der Waals surface area contributed by atoms with Gasteiger partial charge in [0.25, 0.3) is 0 Å². The Morgan fingerprint density at radius 3 is 2.76 bits per heavy atom. The first-order valence-electron chi connectivity index (χ1n) is 5.11. The highest BCUT2D eigenvalue weighted by molar-refractivity contribution is 5.97. The van der Waals surface area contributed by atoms with Crippen molar-refractivity contribution in [2.75, 3.05) is 6.54 Å². The van der Waals surface area contributed by atoms with Crippen LogP contribution >= 0.6 is 0 Å². The number of fused-ring (bicyclic) bond motifs is 1. The number of benzene rings is 2. The monoisotopic (exact) mass is 229 g/mol. The van der Waals surface area contributed by atoms with Gasteiger partial charge in [0, 0.05) is 17.2 Å².